The maximum Gasteiger partial charge on any atom is 0.147 e. The van der Waals surface area contributed by atoms with Gasteiger partial charge in [-0.3, -0.25) is 0 Å². The van der Waals surface area contributed by atoms with Crippen LogP contribution in [0, 0.1) is 0 Å². The largest absolute Gasteiger partial charge is 0.494 e. The monoisotopic (exact) mass is 365 g/mol. The van der Waals surface area contributed by atoms with Crippen LogP contribution in [0.5, 0.6) is 5.75 Å². The molecule has 96 valence electrons. The standard InChI is InChI=1S/C12H17Br2NO2/c1-16-5-3-4-15-8-9-6-10(13)12(17-2)11(14)7-9/h6-7,15H,3-5,8H2,1-2H3. The molecule has 0 aliphatic carbocycles. The zero-order valence-corrected chi connectivity index (χ0v) is 13.2. The van der Waals surface area contributed by atoms with E-state index in [9.17, 15) is 0 Å². The lowest BCUT2D eigenvalue weighted by Gasteiger charge is -2.10. The Morgan fingerprint density at radius 2 is 1.82 bits per heavy atom. The van der Waals surface area contributed by atoms with Gasteiger partial charge in [-0.15, -0.1) is 0 Å². The maximum absolute atomic E-state index is 5.26. The normalized spacial score (nSPS) is 10.6. The summed E-state index contributed by atoms with van der Waals surface area (Å²) in [4.78, 5) is 0. The molecule has 0 aliphatic heterocycles. The van der Waals surface area contributed by atoms with E-state index < -0.39 is 0 Å². The number of halogens is 2. The lowest BCUT2D eigenvalue weighted by Crippen LogP contribution is -2.16. The molecule has 3 nitrogen and oxygen atoms in total. The number of hydrogen-bond donors (Lipinski definition) is 1. The Balaban J connectivity index is 2.49. The topological polar surface area (TPSA) is 30.5 Å². The molecule has 5 heteroatoms. The Hall–Kier alpha value is -0.100. The summed E-state index contributed by atoms with van der Waals surface area (Å²) in [5, 5.41) is 3.37. The van der Waals surface area contributed by atoms with Crippen LogP contribution < -0.4 is 10.1 Å². The van der Waals surface area contributed by atoms with Crippen LogP contribution in [0.1, 0.15) is 12.0 Å². The van der Waals surface area contributed by atoms with Gasteiger partial charge in [0.05, 0.1) is 16.1 Å². The van der Waals surface area contributed by atoms with Crippen LogP contribution in [0.4, 0.5) is 0 Å². The average Bonchev–Trinajstić information content (AvgIpc) is 2.28. The second kappa shape index (κ2) is 8.08. The van der Waals surface area contributed by atoms with Crippen LogP contribution in [0.15, 0.2) is 21.1 Å². The number of nitrogens with one attached hydrogen (secondary N) is 1. The van der Waals surface area contributed by atoms with Gasteiger partial charge in [0.2, 0.25) is 0 Å². The minimum atomic E-state index is 0.795. The van der Waals surface area contributed by atoms with E-state index in [0.717, 1.165) is 40.8 Å². The van der Waals surface area contributed by atoms with Crippen molar-refractivity contribution in [2.45, 2.75) is 13.0 Å². The fourth-order valence-corrected chi connectivity index (χ4v) is 3.09. The van der Waals surface area contributed by atoms with Gasteiger partial charge < -0.3 is 14.8 Å². The van der Waals surface area contributed by atoms with Gasteiger partial charge in [-0.1, -0.05) is 0 Å². The van der Waals surface area contributed by atoms with E-state index in [2.05, 4.69) is 49.3 Å². The molecule has 0 atom stereocenters. The molecule has 17 heavy (non-hydrogen) atoms. The molecule has 1 N–H and O–H groups in total. The molecule has 0 saturated heterocycles. The molecule has 0 saturated carbocycles. The zero-order chi connectivity index (χ0) is 12.7. The maximum atomic E-state index is 5.26. The number of rotatable bonds is 7. The lowest BCUT2D eigenvalue weighted by molar-refractivity contribution is 0.194. The van der Waals surface area contributed by atoms with Crippen molar-refractivity contribution in [1.29, 1.82) is 0 Å². The third-order valence-electron chi connectivity index (χ3n) is 2.29. The van der Waals surface area contributed by atoms with Crippen LogP contribution in [-0.4, -0.2) is 27.4 Å². The Labute approximate surface area is 119 Å². The smallest absolute Gasteiger partial charge is 0.147 e. The summed E-state index contributed by atoms with van der Waals surface area (Å²) >= 11 is 6.98. The summed E-state index contributed by atoms with van der Waals surface area (Å²) in [6.07, 6.45) is 1.02. The minimum Gasteiger partial charge on any atom is -0.494 e. The van der Waals surface area contributed by atoms with Crippen molar-refractivity contribution in [3.05, 3.63) is 26.6 Å². The van der Waals surface area contributed by atoms with E-state index in [1.165, 1.54) is 5.56 Å². The molecular formula is C12H17Br2NO2. The van der Waals surface area contributed by atoms with Crippen LogP contribution in [0.3, 0.4) is 0 Å². The first-order chi connectivity index (χ1) is 8.19. The van der Waals surface area contributed by atoms with E-state index in [4.69, 9.17) is 9.47 Å². The molecule has 0 radical (unpaired) electrons. The van der Waals surface area contributed by atoms with E-state index in [-0.39, 0.29) is 0 Å². The number of benzene rings is 1. The van der Waals surface area contributed by atoms with E-state index in [1.54, 1.807) is 14.2 Å². The van der Waals surface area contributed by atoms with E-state index >= 15 is 0 Å². The predicted molar refractivity (Wildman–Crippen MR) is 76.6 cm³/mol. The second-order valence-corrected chi connectivity index (χ2v) is 5.32. The van der Waals surface area contributed by atoms with Crippen molar-refractivity contribution in [1.82, 2.24) is 5.32 Å². The average molecular weight is 367 g/mol. The molecule has 0 aliphatic rings. The fourth-order valence-electron chi connectivity index (χ4n) is 1.48. The molecule has 0 spiro atoms. The molecule has 1 aromatic rings. The van der Waals surface area contributed by atoms with Crippen molar-refractivity contribution in [3.8, 4) is 5.75 Å². The number of ether oxygens (including phenoxy) is 2. The summed E-state index contributed by atoms with van der Waals surface area (Å²) < 4.78 is 12.2. The van der Waals surface area contributed by atoms with Gasteiger partial charge in [-0.05, 0) is 62.5 Å². The third-order valence-corrected chi connectivity index (χ3v) is 3.47. The van der Waals surface area contributed by atoms with Crippen molar-refractivity contribution in [2.24, 2.45) is 0 Å². The molecule has 0 unspecified atom stereocenters. The highest BCUT2D eigenvalue weighted by molar-refractivity contribution is 9.11. The van der Waals surface area contributed by atoms with Crippen LogP contribution >= 0.6 is 31.9 Å². The first-order valence-corrected chi connectivity index (χ1v) is 6.99. The summed E-state index contributed by atoms with van der Waals surface area (Å²) in [6, 6.07) is 4.12. The van der Waals surface area contributed by atoms with Crippen molar-refractivity contribution < 1.29 is 9.47 Å². The van der Waals surface area contributed by atoms with Gasteiger partial charge in [-0.25, -0.2) is 0 Å². The molecule has 0 heterocycles. The van der Waals surface area contributed by atoms with Gasteiger partial charge >= 0.3 is 0 Å². The van der Waals surface area contributed by atoms with Crippen LogP contribution in [0.25, 0.3) is 0 Å². The van der Waals surface area contributed by atoms with Gasteiger partial charge in [-0.2, -0.15) is 0 Å². The fraction of sp³-hybridized carbons (Fsp3) is 0.500. The third kappa shape index (κ3) is 4.95. The molecular weight excluding hydrogens is 350 g/mol. The summed E-state index contributed by atoms with van der Waals surface area (Å²) in [5.41, 5.74) is 1.21. The van der Waals surface area contributed by atoms with Crippen LogP contribution in [-0.2, 0) is 11.3 Å². The quantitative estimate of drug-likeness (QED) is 0.750. The van der Waals surface area contributed by atoms with Crippen LogP contribution in [0.2, 0.25) is 0 Å². The Kier molecular flexibility index (Phi) is 7.11. The number of hydrogen-bond acceptors (Lipinski definition) is 3. The van der Waals surface area contributed by atoms with Gasteiger partial charge in [0.15, 0.2) is 0 Å². The molecule has 0 fully saturated rings. The first kappa shape index (κ1) is 15.0. The highest BCUT2D eigenvalue weighted by Gasteiger charge is 2.07. The zero-order valence-electron chi connectivity index (χ0n) is 10.1. The molecule has 0 aromatic heterocycles. The summed E-state index contributed by atoms with van der Waals surface area (Å²) in [7, 11) is 3.38. The summed E-state index contributed by atoms with van der Waals surface area (Å²) in [6.45, 7) is 2.59. The van der Waals surface area contributed by atoms with Crippen molar-refractivity contribution in [2.75, 3.05) is 27.4 Å². The predicted octanol–water partition coefficient (Wildman–Crippen LogP) is 3.35. The highest BCUT2D eigenvalue weighted by Crippen LogP contribution is 2.34. The molecule has 0 bridgehead atoms. The highest BCUT2D eigenvalue weighted by atomic mass is 79.9. The Morgan fingerprint density at radius 1 is 1.18 bits per heavy atom. The molecule has 0 amide bonds. The van der Waals surface area contributed by atoms with Gasteiger partial charge in [0, 0.05) is 20.3 Å². The Morgan fingerprint density at radius 3 is 2.35 bits per heavy atom. The van der Waals surface area contributed by atoms with Gasteiger partial charge in [0.1, 0.15) is 5.75 Å². The minimum absolute atomic E-state index is 0.795. The lowest BCUT2D eigenvalue weighted by atomic mass is 10.2. The SMILES string of the molecule is COCCCNCc1cc(Br)c(OC)c(Br)c1. The van der Waals surface area contributed by atoms with Gasteiger partial charge in [0.25, 0.3) is 0 Å². The van der Waals surface area contributed by atoms with E-state index in [1.807, 2.05) is 0 Å². The van der Waals surface area contributed by atoms with Crippen molar-refractivity contribution >= 4 is 31.9 Å². The molecule has 1 aromatic carbocycles. The number of methoxy groups -OCH3 is 2. The van der Waals surface area contributed by atoms with E-state index in [0.29, 0.717) is 0 Å². The van der Waals surface area contributed by atoms with Crippen molar-refractivity contribution in [3.63, 3.8) is 0 Å². The second-order valence-electron chi connectivity index (χ2n) is 3.62. The molecule has 1 rings (SSSR count). The first-order valence-electron chi connectivity index (χ1n) is 5.40. The Bertz CT molecular complexity index is 335. The summed E-state index contributed by atoms with van der Waals surface area (Å²) in [5.74, 6) is 0.827.